The highest BCUT2D eigenvalue weighted by Crippen LogP contribution is 2.34. The highest BCUT2D eigenvalue weighted by Gasteiger charge is 2.12. The van der Waals surface area contributed by atoms with Crippen LogP contribution in [0.4, 0.5) is 0 Å². The molecule has 0 fully saturated rings. The number of fused-ring (bicyclic) bond motifs is 1. The monoisotopic (exact) mass is 329 g/mol. The van der Waals surface area contributed by atoms with Gasteiger partial charge in [0.05, 0.1) is 5.75 Å². The topological polar surface area (TPSA) is 47.6 Å². The molecule has 0 unspecified atom stereocenters. The van der Waals surface area contributed by atoms with E-state index >= 15 is 0 Å². The molecule has 2 aromatic carbocycles. The van der Waals surface area contributed by atoms with Crippen LogP contribution in [-0.2, 0) is 11.3 Å². The quantitative estimate of drug-likeness (QED) is 0.856. The van der Waals surface area contributed by atoms with Crippen molar-refractivity contribution < 1.29 is 14.3 Å². The summed E-state index contributed by atoms with van der Waals surface area (Å²) in [5, 5.41) is 2.94. The number of hydrogen-bond donors (Lipinski definition) is 1. The van der Waals surface area contributed by atoms with Gasteiger partial charge >= 0.3 is 0 Å². The van der Waals surface area contributed by atoms with Gasteiger partial charge in [0.15, 0.2) is 11.5 Å². The number of aryl methyl sites for hydroxylation is 1. The molecule has 120 valence electrons. The van der Waals surface area contributed by atoms with E-state index in [-0.39, 0.29) is 5.91 Å². The lowest BCUT2D eigenvalue weighted by Crippen LogP contribution is -2.24. The molecule has 2 aromatic rings. The summed E-state index contributed by atoms with van der Waals surface area (Å²) >= 11 is 1.49. The maximum Gasteiger partial charge on any atom is 0.230 e. The largest absolute Gasteiger partial charge is 0.486 e. The molecule has 0 saturated carbocycles. The second-order valence-electron chi connectivity index (χ2n) is 5.36. The summed E-state index contributed by atoms with van der Waals surface area (Å²) in [5.41, 5.74) is 2.32. The molecule has 1 aliphatic heterocycles. The molecule has 0 aromatic heterocycles. The van der Waals surface area contributed by atoms with Crippen LogP contribution >= 0.6 is 11.8 Å². The zero-order chi connectivity index (χ0) is 16.1. The Kier molecular flexibility index (Phi) is 5.08. The fourth-order valence-corrected chi connectivity index (χ4v) is 2.97. The predicted molar refractivity (Wildman–Crippen MR) is 91.2 cm³/mol. The van der Waals surface area contributed by atoms with Crippen molar-refractivity contribution in [1.29, 1.82) is 0 Å². The third-order valence-corrected chi connectivity index (χ3v) is 4.49. The van der Waals surface area contributed by atoms with Crippen molar-refractivity contribution in [1.82, 2.24) is 5.32 Å². The number of hydrogen-bond acceptors (Lipinski definition) is 4. The summed E-state index contributed by atoms with van der Waals surface area (Å²) < 4.78 is 11.0. The van der Waals surface area contributed by atoms with E-state index in [4.69, 9.17) is 9.47 Å². The van der Waals surface area contributed by atoms with Crippen LogP contribution in [0.2, 0.25) is 0 Å². The highest BCUT2D eigenvalue weighted by molar-refractivity contribution is 8.00. The molecule has 0 saturated heterocycles. The average molecular weight is 329 g/mol. The van der Waals surface area contributed by atoms with Crippen molar-refractivity contribution in [2.45, 2.75) is 18.4 Å². The van der Waals surface area contributed by atoms with Gasteiger partial charge in [-0.2, -0.15) is 0 Å². The number of carbonyl (C=O) groups excluding carboxylic acids is 1. The first-order valence-corrected chi connectivity index (χ1v) is 8.54. The Labute approximate surface area is 140 Å². The number of nitrogens with one attached hydrogen (secondary N) is 1. The molecule has 5 heteroatoms. The molecule has 1 heterocycles. The lowest BCUT2D eigenvalue weighted by Gasteiger charge is -2.18. The van der Waals surface area contributed by atoms with Gasteiger partial charge in [0, 0.05) is 11.4 Å². The summed E-state index contributed by atoms with van der Waals surface area (Å²) in [6, 6.07) is 13.9. The second-order valence-corrected chi connectivity index (χ2v) is 6.41. The van der Waals surface area contributed by atoms with Crippen molar-refractivity contribution >= 4 is 17.7 Å². The van der Waals surface area contributed by atoms with Crippen LogP contribution in [0.5, 0.6) is 11.5 Å². The minimum Gasteiger partial charge on any atom is -0.486 e. The maximum absolute atomic E-state index is 12.0. The Morgan fingerprint density at radius 1 is 1.09 bits per heavy atom. The van der Waals surface area contributed by atoms with E-state index < -0.39 is 0 Å². The van der Waals surface area contributed by atoms with Crippen molar-refractivity contribution in [3.8, 4) is 11.5 Å². The molecular formula is C18H19NO3S. The second kappa shape index (κ2) is 7.42. The molecule has 0 radical (unpaired) electrons. The Morgan fingerprint density at radius 2 is 1.83 bits per heavy atom. The number of ether oxygens (including phenoxy) is 2. The van der Waals surface area contributed by atoms with Crippen LogP contribution < -0.4 is 14.8 Å². The first-order chi connectivity index (χ1) is 11.2. The lowest BCUT2D eigenvalue weighted by atomic mass is 10.1. The van der Waals surface area contributed by atoms with E-state index in [0.717, 1.165) is 22.0 Å². The fraction of sp³-hybridized carbons (Fsp3) is 0.278. The third kappa shape index (κ3) is 4.42. The molecule has 23 heavy (non-hydrogen) atoms. The Balaban J connectivity index is 1.48. The van der Waals surface area contributed by atoms with Gasteiger partial charge in [-0.25, -0.2) is 0 Å². The van der Waals surface area contributed by atoms with Gasteiger partial charge in [0.2, 0.25) is 5.91 Å². The summed E-state index contributed by atoms with van der Waals surface area (Å²) in [5.74, 6) is 1.92. The molecule has 0 aliphatic carbocycles. The fourth-order valence-electron chi connectivity index (χ4n) is 2.22. The van der Waals surface area contributed by atoms with Gasteiger partial charge < -0.3 is 14.8 Å². The molecule has 3 rings (SSSR count). The Bertz CT molecular complexity index is 685. The normalized spacial score (nSPS) is 12.7. The van der Waals surface area contributed by atoms with Crippen LogP contribution in [0.3, 0.4) is 0 Å². The van der Waals surface area contributed by atoms with Gasteiger partial charge in [-0.3, -0.25) is 4.79 Å². The van der Waals surface area contributed by atoms with Gasteiger partial charge in [-0.1, -0.05) is 29.8 Å². The Hall–Kier alpha value is -2.14. The van der Waals surface area contributed by atoms with Crippen LogP contribution in [0.25, 0.3) is 0 Å². The number of rotatable bonds is 5. The van der Waals surface area contributed by atoms with Crippen LogP contribution in [0.1, 0.15) is 11.1 Å². The first-order valence-electron chi connectivity index (χ1n) is 7.55. The van der Waals surface area contributed by atoms with Crippen LogP contribution in [0, 0.1) is 6.92 Å². The third-order valence-electron chi connectivity index (χ3n) is 3.49. The van der Waals surface area contributed by atoms with Gasteiger partial charge in [-0.15, -0.1) is 11.8 Å². The molecule has 0 atom stereocenters. The van der Waals surface area contributed by atoms with E-state index in [2.05, 4.69) is 5.32 Å². The van der Waals surface area contributed by atoms with E-state index in [0.29, 0.717) is 25.5 Å². The van der Waals surface area contributed by atoms with Crippen molar-refractivity contribution in [2.75, 3.05) is 19.0 Å². The first kappa shape index (κ1) is 15.7. The summed E-state index contributed by atoms with van der Waals surface area (Å²) in [4.78, 5) is 13.0. The van der Waals surface area contributed by atoms with Crippen molar-refractivity contribution in [2.24, 2.45) is 0 Å². The van der Waals surface area contributed by atoms with Gasteiger partial charge in [0.25, 0.3) is 0 Å². The number of amides is 1. The smallest absolute Gasteiger partial charge is 0.230 e. The molecule has 4 nitrogen and oxygen atoms in total. The molecule has 1 amide bonds. The lowest BCUT2D eigenvalue weighted by molar-refractivity contribution is -0.118. The minimum atomic E-state index is 0.0189. The molecule has 0 bridgehead atoms. The number of benzene rings is 2. The van der Waals surface area contributed by atoms with Gasteiger partial charge in [-0.05, 0) is 30.7 Å². The summed E-state index contributed by atoms with van der Waals surface area (Å²) in [6.45, 7) is 3.76. The van der Waals surface area contributed by atoms with Crippen LogP contribution in [-0.4, -0.2) is 24.9 Å². The van der Waals surface area contributed by atoms with E-state index in [1.165, 1.54) is 17.3 Å². The summed E-state index contributed by atoms with van der Waals surface area (Å²) in [7, 11) is 0. The molecule has 1 aliphatic rings. The zero-order valence-electron chi connectivity index (χ0n) is 13.0. The molecule has 1 N–H and O–H groups in total. The number of carbonyl (C=O) groups is 1. The molecule has 0 spiro atoms. The average Bonchev–Trinajstić information content (AvgIpc) is 2.59. The SMILES string of the molecule is Cc1ccc(CNC(=O)CSc2ccc3c(c2)OCCO3)cc1. The minimum absolute atomic E-state index is 0.0189. The van der Waals surface area contributed by atoms with Gasteiger partial charge in [0.1, 0.15) is 13.2 Å². The predicted octanol–water partition coefficient (Wildman–Crippen LogP) is 3.17. The zero-order valence-corrected chi connectivity index (χ0v) is 13.8. The van der Waals surface area contributed by atoms with Crippen molar-refractivity contribution in [3.63, 3.8) is 0 Å². The summed E-state index contributed by atoms with van der Waals surface area (Å²) in [6.07, 6.45) is 0. The highest BCUT2D eigenvalue weighted by atomic mass is 32.2. The van der Waals surface area contributed by atoms with E-state index in [9.17, 15) is 4.79 Å². The molecular weight excluding hydrogens is 310 g/mol. The van der Waals surface area contributed by atoms with E-state index in [1.807, 2.05) is 49.4 Å². The Morgan fingerprint density at radius 3 is 2.61 bits per heavy atom. The standard InChI is InChI=1S/C18H19NO3S/c1-13-2-4-14(5-3-13)11-19-18(20)12-23-15-6-7-16-17(10-15)22-9-8-21-16/h2-7,10H,8-9,11-12H2,1H3,(H,19,20). The van der Waals surface area contributed by atoms with E-state index in [1.54, 1.807) is 0 Å². The van der Waals surface area contributed by atoms with Crippen molar-refractivity contribution in [3.05, 3.63) is 53.6 Å². The van der Waals surface area contributed by atoms with Crippen LogP contribution in [0.15, 0.2) is 47.4 Å². The number of thioether (sulfide) groups is 1. The maximum atomic E-state index is 12.0.